The van der Waals surface area contributed by atoms with E-state index in [0.29, 0.717) is 24.0 Å². The van der Waals surface area contributed by atoms with E-state index >= 15 is 0 Å². The minimum atomic E-state index is -4.98. The molecule has 0 spiro atoms. The van der Waals surface area contributed by atoms with Gasteiger partial charge in [-0.2, -0.15) is 13.2 Å². The first-order valence-electron chi connectivity index (χ1n) is 7.26. The lowest BCUT2D eigenvalue weighted by molar-refractivity contribution is -0.0886. The number of carbonyl (C=O) groups is 1. The predicted molar refractivity (Wildman–Crippen MR) is 80.1 cm³/mol. The fourth-order valence-corrected chi connectivity index (χ4v) is 2.94. The summed E-state index contributed by atoms with van der Waals surface area (Å²) >= 11 is 0. The van der Waals surface area contributed by atoms with E-state index in [2.05, 4.69) is 4.98 Å². The number of carbonyl (C=O) groups excluding carboxylic acids is 1. The number of hydrogen-bond acceptors (Lipinski definition) is 4. The molecule has 0 N–H and O–H groups in total. The van der Waals surface area contributed by atoms with Gasteiger partial charge in [-0.05, 0) is 18.9 Å². The smallest absolute Gasteiger partial charge is 0.455 e. The first-order valence-corrected chi connectivity index (χ1v) is 7.26. The van der Waals surface area contributed by atoms with Crippen LogP contribution in [0.3, 0.4) is 0 Å². The molecule has 0 aliphatic carbocycles. The molecule has 23 heavy (non-hydrogen) atoms. The molecule has 1 aromatic heterocycles. The summed E-state index contributed by atoms with van der Waals surface area (Å²) in [6, 6.07) is 6.84. The third-order valence-electron chi connectivity index (χ3n) is 3.93. The van der Waals surface area contributed by atoms with Gasteiger partial charge in [-0.25, -0.2) is 4.98 Å². The molecule has 122 valence electrons. The summed E-state index contributed by atoms with van der Waals surface area (Å²) in [5.74, 6) is -2.21. The Morgan fingerprint density at radius 1 is 1.22 bits per heavy atom. The zero-order valence-corrected chi connectivity index (χ0v) is 12.5. The van der Waals surface area contributed by atoms with Crippen molar-refractivity contribution in [3.63, 3.8) is 0 Å². The number of fused-ring (bicyclic) bond motifs is 1. The number of rotatable bonds is 3. The summed E-state index contributed by atoms with van der Waals surface area (Å²) in [6.07, 6.45) is -3.23. The zero-order valence-electron chi connectivity index (χ0n) is 12.5. The number of methoxy groups -OCH3 is 1. The number of alkyl halides is 3. The third-order valence-corrected chi connectivity index (χ3v) is 3.93. The first-order chi connectivity index (χ1) is 10.9. The number of nitrogens with zero attached hydrogens (tertiary/aromatic N) is 2. The van der Waals surface area contributed by atoms with Crippen LogP contribution < -0.4 is 9.64 Å². The number of ketones is 1. The van der Waals surface area contributed by atoms with Crippen LogP contribution in [0.2, 0.25) is 0 Å². The van der Waals surface area contributed by atoms with Gasteiger partial charge in [0.05, 0.1) is 18.3 Å². The van der Waals surface area contributed by atoms with Gasteiger partial charge in [-0.3, -0.25) is 4.79 Å². The quantitative estimate of drug-likeness (QED) is 0.809. The van der Waals surface area contributed by atoms with Crippen molar-refractivity contribution in [2.45, 2.75) is 19.0 Å². The average Bonchev–Trinajstić information content (AvgIpc) is 3.05. The molecule has 2 heterocycles. The molecule has 1 saturated heterocycles. The van der Waals surface area contributed by atoms with Crippen LogP contribution in [0.4, 0.5) is 18.9 Å². The van der Waals surface area contributed by atoms with Crippen molar-refractivity contribution in [1.29, 1.82) is 0 Å². The average molecular weight is 324 g/mol. The van der Waals surface area contributed by atoms with E-state index in [1.807, 2.05) is 4.90 Å². The zero-order chi connectivity index (χ0) is 16.6. The Bertz CT molecular complexity index is 753. The maximum atomic E-state index is 13.1. The predicted octanol–water partition coefficient (Wildman–Crippen LogP) is 3.59. The van der Waals surface area contributed by atoms with Crippen LogP contribution in [0, 0.1) is 0 Å². The van der Waals surface area contributed by atoms with Crippen LogP contribution in [0.5, 0.6) is 5.88 Å². The van der Waals surface area contributed by atoms with Crippen LogP contribution in [0.1, 0.15) is 23.2 Å². The Hall–Kier alpha value is -2.31. The molecule has 0 atom stereocenters. The molecule has 1 aliphatic rings. The fraction of sp³-hybridized carbons (Fsp3) is 0.375. The summed E-state index contributed by atoms with van der Waals surface area (Å²) in [5, 5.41) is 0.530. The molecule has 2 aromatic rings. The van der Waals surface area contributed by atoms with Crippen molar-refractivity contribution >= 4 is 22.4 Å². The monoisotopic (exact) mass is 324 g/mol. The topological polar surface area (TPSA) is 42.4 Å². The van der Waals surface area contributed by atoms with E-state index in [1.54, 1.807) is 24.3 Å². The minimum Gasteiger partial charge on any atom is -0.480 e. The van der Waals surface area contributed by atoms with Gasteiger partial charge in [-0.15, -0.1) is 0 Å². The van der Waals surface area contributed by atoms with E-state index in [4.69, 9.17) is 4.74 Å². The lowest BCUT2D eigenvalue weighted by atomic mass is 10.0. The van der Waals surface area contributed by atoms with Gasteiger partial charge in [-0.1, -0.05) is 18.2 Å². The molecule has 1 fully saturated rings. The van der Waals surface area contributed by atoms with Gasteiger partial charge in [0.2, 0.25) is 5.88 Å². The van der Waals surface area contributed by atoms with Gasteiger partial charge in [0, 0.05) is 18.5 Å². The van der Waals surface area contributed by atoms with Crippen molar-refractivity contribution in [2.24, 2.45) is 0 Å². The number of benzene rings is 1. The fourth-order valence-electron chi connectivity index (χ4n) is 2.94. The molecular formula is C16H15F3N2O2. The normalized spacial score (nSPS) is 15.2. The molecule has 0 radical (unpaired) electrons. The highest BCUT2D eigenvalue weighted by molar-refractivity contribution is 6.12. The number of para-hydroxylation sites is 1. The molecule has 0 amide bonds. The molecule has 0 unspecified atom stereocenters. The summed E-state index contributed by atoms with van der Waals surface area (Å²) in [6.45, 7) is 1.21. The lowest BCUT2D eigenvalue weighted by Crippen LogP contribution is -2.28. The maximum absolute atomic E-state index is 13.1. The third kappa shape index (κ3) is 2.71. The van der Waals surface area contributed by atoms with Crippen molar-refractivity contribution < 1.29 is 22.7 Å². The van der Waals surface area contributed by atoms with E-state index in [0.717, 1.165) is 12.8 Å². The number of Topliss-reactive ketones (excluding diaryl/α,β-unsaturated/α-hetero) is 1. The molecule has 0 saturated carbocycles. The van der Waals surface area contributed by atoms with Crippen molar-refractivity contribution in [3.05, 3.63) is 29.8 Å². The molecule has 1 aromatic carbocycles. The van der Waals surface area contributed by atoms with Crippen LogP contribution in [0.25, 0.3) is 10.9 Å². The van der Waals surface area contributed by atoms with Gasteiger partial charge in [0.25, 0.3) is 5.78 Å². The summed E-state index contributed by atoms with van der Waals surface area (Å²) in [4.78, 5) is 17.9. The Labute approximate surface area is 130 Å². The number of ether oxygens (including phenoxy) is 1. The molecule has 3 rings (SSSR count). The first kappa shape index (κ1) is 15.6. The second kappa shape index (κ2) is 5.72. The van der Waals surface area contributed by atoms with E-state index in [9.17, 15) is 18.0 Å². The van der Waals surface area contributed by atoms with Crippen molar-refractivity contribution in [3.8, 4) is 5.88 Å². The Balaban J connectivity index is 2.34. The standard InChI is InChI=1S/C16H15F3N2O2/c1-23-15-12(14(22)16(17,18)19)13(21-8-4-5-9-21)10-6-2-3-7-11(10)20-15/h2-3,6-7H,4-5,8-9H2,1H3. The van der Waals surface area contributed by atoms with E-state index in [-0.39, 0.29) is 11.6 Å². The highest BCUT2D eigenvalue weighted by Gasteiger charge is 2.44. The van der Waals surface area contributed by atoms with E-state index < -0.39 is 17.5 Å². The van der Waals surface area contributed by atoms with Crippen LogP contribution in [-0.2, 0) is 0 Å². The Kier molecular flexibility index (Phi) is 3.87. The Morgan fingerprint density at radius 3 is 2.48 bits per heavy atom. The minimum absolute atomic E-state index is 0.271. The van der Waals surface area contributed by atoms with Gasteiger partial charge in [0.1, 0.15) is 5.56 Å². The number of hydrogen-bond donors (Lipinski definition) is 0. The second-order valence-corrected chi connectivity index (χ2v) is 5.38. The number of anilines is 1. The van der Waals surface area contributed by atoms with Gasteiger partial charge in [0.15, 0.2) is 0 Å². The van der Waals surface area contributed by atoms with Crippen molar-refractivity contribution in [2.75, 3.05) is 25.1 Å². The highest BCUT2D eigenvalue weighted by Crippen LogP contribution is 2.40. The molecule has 7 heteroatoms. The molecule has 0 bridgehead atoms. The molecule has 1 aliphatic heterocycles. The van der Waals surface area contributed by atoms with Crippen molar-refractivity contribution in [1.82, 2.24) is 4.98 Å². The molecule has 4 nitrogen and oxygen atoms in total. The Morgan fingerprint density at radius 2 is 1.87 bits per heavy atom. The van der Waals surface area contributed by atoms with Crippen LogP contribution in [-0.4, -0.2) is 37.1 Å². The van der Waals surface area contributed by atoms with Gasteiger partial charge < -0.3 is 9.64 Å². The number of aromatic nitrogens is 1. The second-order valence-electron chi connectivity index (χ2n) is 5.38. The van der Waals surface area contributed by atoms with Crippen LogP contribution in [0.15, 0.2) is 24.3 Å². The molecular weight excluding hydrogens is 309 g/mol. The number of pyridine rings is 1. The summed E-state index contributed by atoms with van der Waals surface area (Å²) < 4.78 is 44.2. The lowest BCUT2D eigenvalue weighted by Gasteiger charge is -2.24. The highest BCUT2D eigenvalue weighted by atomic mass is 19.4. The summed E-state index contributed by atoms with van der Waals surface area (Å²) in [5.41, 5.74) is 0.276. The summed E-state index contributed by atoms with van der Waals surface area (Å²) in [7, 11) is 1.22. The SMILES string of the molecule is COc1nc2ccccc2c(N2CCCC2)c1C(=O)C(F)(F)F. The van der Waals surface area contributed by atoms with Gasteiger partial charge >= 0.3 is 6.18 Å². The maximum Gasteiger partial charge on any atom is 0.455 e. The number of halogens is 3. The van der Waals surface area contributed by atoms with Crippen LogP contribution >= 0.6 is 0 Å². The van der Waals surface area contributed by atoms with E-state index in [1.165, 1.54) is 7.11 Å². The largest absolute Gasteiger partial charge is 0.480 e.